The van der Waals surface area contributed by atoms with E-state index in [1.54, 1.807) is 0 Å². The first-order valence-corrected chi connectivity index (χ1v) is 5.78. The average Bonchev–Trinajstić information content (AvgIpc) is 2.28. The summed E-state index contributed by atoms with van der Waals surface area (Å²) in [5, 5.41) is 2.05. The minimum absolute atomic E-state index is 0.747. The number of hydrogen-bond acceptors (Lipinski definition) is 2. The smallest absolute Gasteiger partial charge is 0.0657 e. The Morgan fingerprint density at radius 1 is 1.13 bits per heavy atom. The molecule has 15 heavy (non-hydrogen) atoms. The third-order valence-electron chi connectivity index (χ3n) is 2.27. The van der Waals surface area contributed by atoms with Crippen molar-refractivity contribution in [3.63, 3.8) is 0 Å². The fraction of sp³-hybridized carbons (Fsp3) is 0.538. The number of unbranched alkanes of at least 4 members (excludes halogenated alkanes) is 1. The molecule has 0 spiro atoms. The topological polar surface area (TPSA) is 12.5 Å². The standard InChI is InChI=1S/C13H21NO/c1-3-5-11-14(15-4-2)12-13-9-7-6-8-10-13/h6-10H,3-5,11-12H2,1-2H3. The van der Waals surface area contributed by atoms with Crippen LogP contribution in [0.15, 0.2) is 30.3 Å². The highest BCUT2D eigenvalue weighted by Gasteiger charge is 2.04. The molecule has 1 aromatic rings. The molecule has 0 unspecified atom stereocenters. The van der Waals surface area contributed by atoms with Gasteiger partial charge in [0.25, 0.3) is 0 Å². The molecule has 0 aromatic heterocycles. The van der Waals surface area contributed by atoms with Gasteiger partial charge in [-0.15, -0.1) is 0 Å². The van der Waals surface area contributed by atoms with Gasteiger partial charge in [-0.05, 0) is 18.9 Å². The molecule has 1 aromatic carbocycles. The summed E-state index contributed by atoms with van der Waals surface area (Å²) in [4.78, 5) is 5.58. The number of hydroxylamine groups is 2. The molecular formula is C13H21NO. The molecule has 1 rings (SSSR count). The summed E-state index contributed by atoms with van der Waals surface area (Å²) in [6.45, 7) is 6.88. The molecule has 0 aliphatic heterocycles. The van der Waals surface area contributed by atoms with E-state index >= 15 is 0 Å². The maximum Gasteiger partial charge on any atom is 0.0657 e. The highest BCUT2D eigenvalue weighted by atomic mass is 16.7. The van der Waals surface area contributed by atoms with Crippen LogP contribution in [-0.2, 0) is 11.4 Å². The number of nitrogens with zero attached hydrogens (tertiary/aromatic N) is 1. The highest BCUT2D eigenvalue weighted by molar-refractivity contribution is 5.14. The maximum atomic E-state index is 5.58. The summed E-state index contributed by atoms with van der Waals surface area (Å²) in [6, 6.07) is 10.5. The highest BCUT2D eigenvalue weighted by Crippen LogP contribution is 2.06. The molecule has 0 atom stereocenters. The molecule has 2 heteroatoms. The Morgan fingerprint density at radius 2 is 1.87 bits per heavy atom. The van der Waals surface area contributed by atoms with Crippen molar-refractivity contribution < 1.29 is 4.84 Å². The van der Waals surface area contributed by atoms with E-state index in [1.807, 2.05) is 13.0 Å². The largest absolute Gasteiger partial charge is 0.299 e. The van der Waals surface area contributed by atoms with Crippen LogP contribution in [-0.4, -0.2) is 18.2 Å². The van der Waals surface area contributed by atoms with E-state index in [-0.39, 0.29) is 0 Å². The lowest BCUT2D eigenvalue weighted by Crippen LogP contribution is -2.24. The quantitative estimate of drug-likeness (QED) is 0.636. The van der Waals surface area contributed by atoms with Gasteiger partial charge in [0.2, 0.25) is 0 Å². The second-order valence-corrected chi connectivity index (χ2v) is 3.62. The Kier molecular flexibility index (Phi) is 6.05. The zero-order valence-electron chi connectivity index (χ0n) is 9.78. The molecule has 0 aliphatic carbocycles. The van der Waals surface area contributed by atoms with Crippen molar-refractivity contribution in [2.24, 2.45) is 0 Å². The summed E-state index contributed by atoms with van der Waals surface area (Å²) >= 11 is 0. The predicted molar refractivity (Wildman–Crippen MR) is 63.4 cm³/mol. The zero-order valence-corrected chi connectivity index (χ0v) is 9.78. The van der Waals surface area contributed by atoms with Gasteiger partial charge in [-0.1, -0.05) is 43.7 Å². The summed E-state index contributed by atoms with van der Waals surface area (Å²) < 4.78 is 0. The van der Waals surface area contributed by atoms with Crippen LogP contribution < -0.4 is 0 Å². The van der Waals surface area contributed by atoms with Gasteiger partial charge in [-0.3, -0.25) is 4.84 Å². The second-order valence-electron chi connectivity index (χ2n) is 3.62. The van der Waals surface area contributed by atoms with Crippen LogP contribution in [0.2, 0.25) is 0 Å². The Hall–Kier alpha value is -0.860. The van der Waals surface area contributed by atoms with E-state index in [2.05, 4.69) is 36.3 Å². The lowest BCUT2D eigenvalue weighted by Gasteiger charge is -2.20. The molecule has 0 N–H and O–H groups in total. The Morgan fingerprint density at radius 3 is 2.47 bits per heavy atom. The van der Waals surface area contributed by atoms with E-state index in [0.717, 1.165) is 19.7 Å². The van der Waals surface area contributed by atoms with E-state index in [9.17, 15) is 0 Å². The lowest BCUT2D eigenvalue weighted by molar-refractivity contribution is -0.162. The van der Waals surface area contributed by atoms with Crippen molar-refractivity contribution >= 4 is 0 Å². The second kappa shape index (κ2) is 7.43. The third kappa shape index (κ3) is 4.96. The van der Waals surface area contributed by atoms with Gasteiger partial charge in [-0.25, -0.2) is 0 Å². The first kappa shape index (κ1) is 12.2. The predicted octanol–water partition coefficient (Wildman–Crippen LogP) is 3.24. The summed E-state index contributed by atoms with van der Waals surface area (Å²) in [7, 11) is 0. The van der Waals surface area contributed by atoms with Crippen LogP contribution in [0.4, 0.5) is 0 Å². The molecule has 0 heterocycles. The molecule has 0 amide bonds. The van der Waals surface area contributed by atoms with E-state index in [0.29, 0.717) is 0 Å². The zero-order chi connectivity index (χ0) is 10.9. The molecule has 0 saturated carbocycles. The van der Waals surface area contributed by atoms with Crippen LogP contribution in [0.1, 0.15) is 32.3 Å². The molecule has 0 saturated heterocycles. The van der Waals surface area contributed by atoms with Crippen molar-refractivity contribution in [3.05, 3.63) is 35.9 Å². The van der Waals surface area contributed by atoms with Crippen molar-refractivity contribution in [1.82, 2.24) is 5.06 Å². The van der Waals surface area contributed by atoms with Gasteiger partial charge >= 0.3 is 0 Å². The minimum atomic E-state index is 0.747. The van der Waals surface area contributed by atoms with Crippen molar-refractivity contribution in [3.8, 4) is 0 Å². The van der Waals surface area contributed by atoms with Crippen molar-refractivity contribution in [1.29, 1.82) is 0 Å². The van der Waals surface area contributed by atoms with Gasteiger partial charge in [-0.2, -0.15) is 5.06 Å². The molecule has 0 radical (unpaired) electrons. The Labute approximate surface area is 92.8 Å². The number of hydrogen-bond donors (Lipinski definition) is 0. The van der Waals surface area contributed by atoms with Gasteiger partial charge in [0.1, 0.15) is 0 Å². The van der Waals surface area contributed by atoms with E-state index < -0.39 is 0 Å². The number of rotatable bonds is 7. The van der Waals surface area contributed by atoms with Crippen molar-refractivity contribution in [2.45, 2.75) is 33.2 Å². The molecule has 0 aliphatic rings. The first-order chi connectivity index (χ1) is 7.36. The van der Waals surface area contributed by atoms with Crippen LogP contribution in [0.3, 0.4) is 0 Å². The summed E-state index contributed by atoms with van der Waals surface area (Å²) in [5.74, 6) is 0. The monoisotopic (exact) mass is 207 g/mol. The Balaban J connectivity index is 2.43. The first-order valence-electron chi connectivity index (χ1n) is 5.78. The fourth-order valence-electron chi connectivity index (χ4n) is 1.49. The molecule has 84 valence electrons. The van der Waals surface area contributed by atoms with Gasteiger partial charge in [0, 0.05) is 13.1 Å². The summed E-state index contributed by atoms with van der Waals surface area (Å²) in [5.41, 5.74) is 1.31. The molecule has 0 fully saturated rings. The van der Waals surface area contributed by atoms with Crippen molar-refractivity contribution in [2.75, 3.05) is 13.2 Å². The SMILES string of the molecule is CCCCN(Cc1ccccc1)OCC. The minimum Gasteiger partial charge on any atom is -0.299 e. The normalized spacial score (nSPS) is 10.9. The van der Waals surface area contributed by atoms with Crippen LogP contribution in [0, 0.1) is 0 Å². The average molecular weight is 207 g/mol. The van der Waals surface area contributed by atoms with Gasteiger partial charge in [0.15, 0.2) is 0 Å². The van der Waals surface area contributed by atoms with Crippen LogP contribution in [0.25, 0.3) is 0 Å². The number of benzene rings is 1. The lowest BCUT2D eigenvalue weighted by atomic mass is 10.2. The molecule has 2 nitrogen and oxygen atoms in total. The molecule has 0 bridgehead atoms. The maximum absolute atomic E-state index is 5.58. The van der Waals surface area contributed by atoms with E-state index in [1.165, 1.54) is 18.4 Å². The van der Waals surface area contributed by atoms with Crippen LogP contribution in [0.5, 0.6) is 0 Å². The van der Waals surface area contributed by atoms with Gasteiger partial charge < -0.3 is 0 Å². The fourth-order valence-corrected chi connectivity index (χ4v) is 1.49. The van der Waals surface area contributed by atoms with E-state index in [4.69, 9.17) is 4.84 Å². The third-order valence-corrected chi connectivity index (χ3v) is 2.27. The Bertz CT molecular complexity index is 248. The van der Waals surface area contributed by atoms with Crippen LogP contribution >= 0.6 is 0 Å². The molecular weight excluding hydrogens is 186 g/mol. The summed E-state index contributed by atoms with van der Waals surface area (Å²) in [6.07, 6.45) is 2.39. The van der Waals surface area contributed by atoms with Gasteiger partial charge in [0.05, 0.1) is 6.61 Å².